The zero-order valence-electron chi connectivity index (χ0n) is 10.9. The van der Waals surface area contributed by atoms with Gasteiger partial charge in [-0.25, -0.2) is 0 Å². The molecule has 0 aliphatic rings. The summed E-state index contributed by atoms with van der Waals surface area (Å²) in [6, 6.07) is 3.97. The molecule has 0 unspecified atom stereocenters. The fourth-order valence-electron chi connectivity index (χ4n) is 1.37. The summed E-state index contributed by atoms with van der Waals surface area (Å²) in [5, 5.41) is 6.09. The SMILES string of the molecule is CC(C)CNC(=O)c1cc(NC(C)C)ccn1. The first kappa shape index (κ1) is 13.5. The number of rotatable bonds is 5. The van der Waals surface area contributed by atoms with Crippen molar-refractivity contribution in [1.29, 1.82) is 0 Å². The van der Waals surface area contributed by atoms with Crippen molar-refractivity contribution in [2.75, 3.05) is 11.9 Å². The Kier molecular flexibility index (Phi) is 4.94. The van der Waals surface area contributed by atoms with Gasteiger partial charge < -0.3 is 10.6 Å². The number of hydrogen-bond acceptors (Lipinski definition) is 3. The summed E-state index contributed by atoms with van der Waals surface area (Å²) in [6.45, 7) is 8.90. The normalized spacial score (nSPS) is 10.7. The summed E-state index contributed by atoms with van der Waals surface area (Å²) in [5.74, 6) is 0.321. The van der Waals surface area contributed by atoms with Crippen LogP contribution < -0.4 is 10.6 Å². The Balaban J connectivity index is 2.67. The van der Waals surface area contributed by atoms with E-state index < -0.39 is 0 Å². The van der Waals surface area contributed by atoms with Crippen LogP contribution in [0.1, 0.15) is 38.2 Å². The molecule has 1 rings (SSSR count). The molecule has 0 saturated carbocycles. The van der Waals surface area contributed by atoms with E-state index in [0.29, 0.717) is 24.2 Å². The van der Waals surface area contributed by atoms with Crippen LogP contribution in [0, 0.1) is 5.92 Å². The Bertz CT molecular complexity index is 375. The molecule has 1 amide bonds. The summed E-state index contributed by atoms with van der Waals surface area (Å²) < 4.78 is 0. The molecule has 0 aliphatic heterocycles. The van der Waals surface area contributed by atoms with Crippen LogP contribution in [0.4, 0.5) is 5.69 Å². The number of carbonyl (C=O) groups excluding carboxylic acids is 1. The van der Waals surface area contributed by atoms with Crippen LogP contribution in [0.3, 0.4) is 0 Å². The molecule has 94 valence electrons. The minimum absolute atomic E-state index is 0.119. The van der Waals surface area contributed by atoms with Crippen molar-refractivity contribution in [3.8, 4) is 0 Å². The summed E-state index contributed by atoms with van der Waals surface area (Å²) in [7, 11) is 0. The standard InChI is InChI=1S/C13H21N3O/c1-9(2)8-15-13(17)12-7-11(5-6-14-12)16-10(3)4/h5-7,9-10H,8H2,1-4H3,(H,14,16)(H,15,17). The molecule has 4 heteroatoms. The average molecular weight is 235 g/mol. The van der Waals surface area contributed by atoms with Gasteiger partial charge in [-0.05, 0) is 31.9 Å². The highest BCUT2D eigenvalue weighted by atomic mass is 16.1. The maximum absolute atomic E-state index is 11.8. The van der Waals surface area contributed by atoms with Gasteiger partial charge in [-0.15, -0.1) is 0 Å². The maximum atomic E-state index is 11.8. The molecule has 0 aliphatic carbocycles. The van der Waals surface area contributed by atoms with E-state index >= 15 is 0 Å². The fourth-order valence-corrected chi connectivity index (χ4v) is 1.37. The van der Waals surface area contributed by atoms with Gasteiger partial charge in [-0.3, -0.25) is 9.78 Å². The third-order valence-corrected chi connectivity index (χ3v) is 2.12. The van der Waals surface area contributed by atoms with E-state index in [1.807, 2.05) is 6.07 Å². The molecule has 0 radical (unpaired) electrons. The molecule has 0 spiro atoms. The topological polar surface area (TPSA) is 54.0 Å². The van der Waals surface area contributed by atoms with Crippen LogP contribution in [-0.4, -0.2) is 23.5 Å². The molecule has 0 bridgehead atoms. The predicted molar refractivity (Wildman–Crippen MR) is 70.2 cm³/mol. The largest absolute Gasteiger partial charge is 0.383 e. The molecule has 17 heavy (non-hydrogen) atoms. The number of anilines is 1. The van der Waals surface area contributed by atoms with Crippen LogP contribution in [0.25, 0.3) is 0 Å². The number of aromatic nitrogens is 1. The highest BCUT2D eigenvalue weighted by Gasteiger charge is 2.08. The lowest BCUT2D eigenvalue weighted by atomic mass is 10.2. The molecule has 0 atom stereocenters. The van der Waals surface area contributed by atoms with Crippen molar-refractivity contribution in [3.05, 3.63) is 24.0 Å². The lowest BCUT2D eigenvalue weighted by Crippen LogP contribution is -2.28. The molecule has 1 aromatic rings. The van der Waals surface area contributed by atoms with E-state index in [4.69, 9.17) is 0 Å². The molecule has 4 nitrogen and oxygen atoms in total. The number of hydrogen-bond donors (Lipinski definition) is 2. The number of amides is 1. The predicted octanol–water partition coefficient (Wildman–Crippen LogP) is 2.29. The second-order valence-electron chi connectivity index (χ2n) is 4.83. The second kappa shape index (κ2) is 6.23. The smallest absolute Gasteiger partial charge is 0.269 e. The fraction of sp³-hybridized carbons (Fsp3) is 0.538. The Morgan fingerprint density at radius 2 is 2.06 bits per heavy atom. The van der Waals surface area contributed by atoms with Gasteiger partial charge >= 0.3 is 0 Å². The summed E-state index contributed by atoms with van der Waals surface area (Å²) >= 11 is 0. The van der Waals surface area contributed by atoms with Crippen LogP contribution in [-0.2, 0) is 0 Å². The Labute approximate surface area is 103 Å². The van der Waals surface area contributed by atoms with Gasteiger partial charge in [0, 0.05) is 24.5 Å². The Hall–Kier alpha value is -1.58. The van der Waals surface area contributed by atoms with E-state index in [1.165, 1.54) is 0 Å². The van der Waals surface area contributed by atoms with Crippen molar-refractivity contribution in [3.63, 3.8) is 0 Å². The van der Waals surface area contributed by atoms with Gasteiger partial charge in [-0.2, -0.15) is 0 Å². The van der Waals surface area contributed by atoms with Gasteiger partial charge in [0.15, 0.2) is 0 Å². The molecule has 0 fully saturated rings. The third kappa shape index (κ3) is 4.85. The van der Waals surface area contributed by atoms with Crippen molar-refractivity contribution < 1.29 is 4.79 Å². The molecule has 1 aromatic heterocycles. The van der Waals surface area contributed by atoms with E-state index in [9.17, 15) is 4.79 Å². The second-order valence-corrected chi connectivity index (χ2v) is 4.83. The first-order valence-electron chi connectivity index (χ1n) is 6.00. The first-order chi connectivity index (χ1) is 7.99. The van der Waals surface area contributed by atoms with Crippen LogP contribution in [0.15, 0.2) is 18.3 Å². The third-order valence-electron chi connectivity index (χ3n) is 2.12. The van der Waals surface area contributed by atoms with Crippen LogP contribution in [0.5, 0.6) is 0 Å². The van der Waals surface area contributed by atoms with E-state index in [1.54, 1.807) is 12.3 Å². The lowest BCUT2D eigenvalue weighted by Gasteiger charge is -2.11. The summed E-state index contributed by atoms with van der Waals surface area (Å²) in [6.07, 6.45) is 1.65. The van der Waals surface area contributed by atoms with Gasteiger partial charge in [0.1, 0.15) is 5.69 Å². The zero-order valence-corrected chi connectivity index (χ0v) is 10.9. The van der Waals surface area contributed by atoms with Gasteiger partial charge in [0.25, 0.3) is 5.91 Å². The van der Waals surface area contributed by atoms with Gasteiger partial charge in [0.05, 0.1) is 0 Å². The number of pyridine rings is 1. The molecule has 1 heterocycles. The lowest BCUT2D eigenvalue weighted by molar-refractivity contribution is 0.0944. The minimum Gasteiger partial charge on any atom is -0.383 e. The maximum Gasteiger partial charge on any atom is 0.269 e. The summed E-state index contributed by atoms with van der Waals surface area (Å²) in [5.41, 5.74) is 1.38. The highest BCUT2D eigenvalue weighted by Crippen LogP contribution is 2.09. The Morgan fingerprint density at radius 1 is 1.35 bits per heavy atom. The number of nitrogens with zero attached hydrogens (tertiary/aromatic N) is 1. The van der Waals surface area contributed by atoms with Crippen molar-refractivity contribution in [2.24, 2.45) is 5.92 Å². The van der Waals surface area contributed by atoms with Crippen molar-refractivity contribution in [1.82, 2.24) is 10.3 Å². The molecule has 2 N–H and O–H groups in total. The first-order valence-corrected chi connectivity index (χ1v) is 6.00. The highest BCUT2D eigenvalue weighted by molar-refractivity contribution is 5.93. The van der Waals surface area contributed by atoms with Gasteiger partial charge in [-0.1, -0.05) is 13.8 Å². The average Bonchev–Trinajstić information content (AvgIpc) is 2.25. The minimum atomic E-state index is -0.119. The van der Waals surface area contributed by atoms with E-state index in [2.05, 4.69) is 43.3 Å². The molecular weight excluding hydrogens is 214 g/mol. The zero-order chi connectivity index (χ0) is 12.8. The quantitative estimate of drug-likeness (QED) is 0.823. The number of nitrogens with one attached hydrogen (secondary N) is 2. The molecular formula is C13H21N3O. The van der Waals surface area contributed by atoms with Crippen LogP contribution >= 0.6 is 0 Å². The van der Waals surface area contributed by atoms with E-state index in [-0.39, 0.29) is 5.91 Å². The van der Waals surface area contributed by atoms with Crippen LogP contribution in [0.2, 0.25) is 0 Å². The van der Waals surface area contributed by atoms with Gasteiger partial charge in [0.2, 0.25) is 0 Å². The Morgan fingerprint density at radius 3 is 2.65 bits per heavy atom. The summed E-state index contributed by atoms with van der Waals surface area (Å²) in [4.78, 5) is 15.9. The van der Waals surface area contributed by atoms with Crippen molar-refractivity contribution in [2.45, 2.75) is 33.7 Å². The number of carbonyl (C=O) groups is 1. The molecule has 0 aromatic carbocycles. The molecule has 0 saturated heterocycles. The van der Waals surface area contributed by atoms with Crippen molar-refractivity contribution >= 4 is 11.6 Å². The van der Waals surface area contributed by atoms with E-state index in [0.717, 1.165) is 5.69 Å². The monoisotopic (exact) mass is 235 g/mol.